The summed E-state index contributed by atoms with van der Waals surface area (Å²) in [6, 6.07) is 2.97. The molecular weight excluding hydrogens is 375 g/mol. The Balaban J connectivity index is 0.00000576. The quantitative estimate of drug-likeness (QED) is 0.443. The largest absolute Gasteiger partial charge is 0.383 e. The molecule has 7 nitrogen and oxygen atoms in total. The van der Waals surface area contributed by atoms with Gasteiger partial charge in [-0.3, -0.25) is 9.59 Å². The van der Waals surface area contributed by atoms with E-state index in [2.05, 4.69) is 10.6 Å². The maximum Gasteiger partial charge on any atom is 0.235 e. The Kier molecular flexibility index (Phi) is 10.4. The van der Waals surface area contributed by atoms with Crippen LogP contribution in [0.25, 0.3) is 0 Å². The van der Waals surface area contributed by atoms with E-state index in [1.807, 2.05) is 0 Å². The van der Waals surface area contributed by atoms with Crippen molar-refractivity contribution in [2.24, 2.45) is 0 Å². The van der Waals surface area contributed by atoms with Crippen LogP contribution in [0.4, 0.5) is 4.39 Å². The van der Waals surface area contributed by atoms with E-state index in [-0.39, 0.29) is 29.4 Å². The molecule has 1 aromatic carbocycles. The van der Waals surface area contributed by atoms with E-state index in [1.54, 1.807) is 7.11 Å². The summed E-state index contributed by atoms with van der Waals surface area (Å²) in [5.74, 6) is -2.90. The van der Waals surface area contributed by atoms with Crippen LogP contribution in [0.3, 0.4) is 0 Å². The molecule has 0 aliphatic rings. The lowest BCUT2D eigenvalue weighted by atomic mass is 10.1. The lowest BCUT2D eigenvalue weighted by Crippen LogP contribution is -2.36. The van der Waals surface area contributed by atoms with Crippen LogP contribution in [0.2, 0.25) is 0 Å². The number of halogens is 2. The Hall–Kier alpha value is -1.55. The molecule has 2 N–H and O–H groups in total. The van der Waals surface area contributed by atoms with Gasteiger partial charge in [0.1, 0.15) is 11.6 Å². The number of benzene rings is 1. The highest BCUT2D eigenvalue weighted by atomic mass is 35.5. The highest BCUT2D eigenvalue weighted by Crippen LogP contribution is 2.16. The number of hydrogen-bond acceptors (Lipinski definition) is 6. The molecule has 10 heteroatoms. The zero-order chi connectivity index (χ0) is 18.2. The van der Waals surface area contributed by atoms with Crippen molar-refractivity contribution in [2.75, 3.05) is 39.1 Å². The fourth-order valence-electron chi connectivity index (χ4n) is 1.87. The van der Waals surface area contributed by atoms with Crippen LogP contribution in [-0.4, -0.2) is 59.2 Å². The minimum absolute atomic E-state index is 0. The van der Waals surface area contributed by atoms with Crippen molar-refractivity contribution < 1.29 is 27.1 Å². The summed E-state index contributed by atoms with van der Waals surface area (Å²) in [7, 11) is -2.41. The number of hydrogen-bond donors (Lipinski definition) is 2. The third-order valence-corrected chi connectivity index (χ3v) is 4.72. The van der Waals surface area contributed by atoms with Crippen LogP contribution < -0.4 is 10.6 Å². The SMILES string of the molecule is COCCNCCNC(=O)CS(=O)(=O)c1ccc(C(C)=O)c(F)c1.Cl. The van der Waals surface area contributed by atoms with Gasteiger partial charge >= 0.3 is 0 Å². The van der Waals surface area contributed by atoms with E-state index >= 15 is 0 Å². The Bertz CT molecular complexity index is 697. The number of methoxy groups -OCH3 is 1. The second-order valence-electron chi connectivity index (χ2n) is 5.05. The predicted molar refractivity (Wildman–Crippen MR) is 93.5 cm³/mol. The average Bonchev–Trinajstić information content (AvgIpc) is 2.49. The maximum atomic E-state index is 13.7. The summed E-state index contributed by atoms with van der Waals surface area (Å²) in [6.45, 7) is 3.06. The Morgan fingerprint density at radius 3 is 2.44 bits per heavy atom. The molecule has 0 unspecified atom stereocenters. The molecule has 0 aromatic heterocycles. The highest BCUT2D eigenvalue weighted by molar-refractivity contribution is 7.92. The van der Waals surface area contributed by atoms with Gasteiger partial charge in [0.2, 0.25) is 5.91 Å². The van der Waals surface area contributed by atoms with Crippen molar-refractivity contribution >= 4 is 33.9 Å². The molecule has 0 spiro atoms. The van der Waals surface area contributed by atoms with Crippen LogP contribution in [0.1, 0.15) is 17.3 Å². The zero-order valence-electron chi connectivity index (χ0n) is 14.0. The smallest absolute Gasteiger partial charge is 0.235 e. The first-order chi connectivity index (χ1) is 11.3. The van der Waals surface area contributed by atoms with Crippen molar-refractivity contribution in [3.63, 3.8) is 0 Å². The molecule has 0 heterocycles. The first-order valence-electron chi connectivity index (χ1n) is 7.27. The molecule has 0 saturated carbocycles. The number of sulfone groups is 1. The normalized spacial score (nSPS) is 10.8. The summed E-state index contributed by atoms with van der Waals surface area (Å²) in [5, 5.41) is 5.45. The lowest BCUT2D eigenvalue weighted by Gasteiger charge is -2.08. The molecule has 142 valence electrons. The number of carbonyl (C=O) groups is 2. The van der Waals surface area contributed by atoms with Gasteiger partial charge < -0.3 is 15.4 Å². The van der Waals surface area contributed by atoms with Crippen molar-refractivity contribution in [1.29, 1.82) is 0 Å². The number of ketones is 1. The number of amides is 1. The summed E-state index contributed by atoms with van der Waals surface area (Å²) in [4.78, 5) is 22.5. The van der Waals surface area contributed by atoms with Crippen molar-refractivity contribution in [3.8, 4) is 0 Å². The molecule has 1 aromatic rings. The van der Waals surface area contributed by atoms with E-state index in [0.717, 1.165) is 18.2 Å². The second-order valence-corrected chi connectivity index (χ2v) is 7.04. The number of ether oxygens (including phenoxy) is 1. The Morgan fingerprint density at radius 2 is 1.88 bits per heavy atom. The zero-order valence-corrected chi connectivity index (χ0v) is 15.6. The number of carbonyl (C=O) groups excluding carboxylic acids is 2. The van der Waals surface area contributed by atoms with Gasteiger partial charge in [0.05, 0.1) is 17.1 Å². The minimum atomic E-state index is -3.98. The van der Waals surface area contributed by atoms with Gasteiger partial charge in [-0.25, -0.2) is 12.8 Å². The summed E-state index contributed by atoms with van der Waals surface area (Å²) in [5.41, 5.74) is -0.194. The number of nitrogens with one attached hydrogen (secondary N) is 2. The second kappa shape index (κ2) is 11.1. The molecule has 1 amide bonds. The van der Waals surface area contributed by atoms with E-state index in [0.29, 0.717) is 19.7 Å². The standard InChI is InChI=1S/C15H21FN2O5S.ClH/c1-11(19)13-4-3-12(9-14(13)16)24(21,22)10-15(20)18-6-5-17-7-8-23-2;/h3-4,9,17H,5-8,10H2,1-2H3,(H,18,20);1H. The summed E-state index contributed by atoms with van der Waals surface area (Å²) in [6.07, 6.45) is 0. The average molecular weight is 397 g/mol. The van der Waals surface area contributed by atoms with E-state index < -0.39 is 33.1 Å². The van der Waals surface area contributed by atoms with Crippen molar-refractivity contribution in [3.05, 3.63) is 29.6 Å². The maximum absolute atomic E-state index is 13.7. The topological polar surface area (TPSA) is 102 Å². The molecule has 0 fully saturated rings. The number of rotatable bonds is 10. The molecule has 0 aliphatic heterocycles. The minimum Gasteiger partial charge on any atom is -0.383 e. The van der Waals surface area contributed by atoms with Crippen LogP contribution in [0.5, 0.6) is 0 Å². The third-order valence-electron chi connectivity index (χ3n) is 3.11. The van der Waals surface area contributed by atoms with Crippen molar-refractivity contribution in [1.82, 2.24) is 10.6 Å². The Labute approximate surface area is 152 Å². The fraction of sp³-hybridized carbons (Fsp3) is 0.467. The molecule has 0 saturated heterocycles. The molecule has 0 aliphatic carbocycles. The van der Waals surface area contributed by atoms with Gasteiger partial charge in [0.15, 0.2) is 15.6 Å². The van der Waals surface area contributed by atoms with Crippen LogP contribution in [0.15, 0.2) is 23.1 Å². The summed E-state index contributed by atoms with van der Waals surface area (Å²) < 4.78 is 42.8. The Morgan fingerprint density at radius 1 is 1.20 bits per heavy atom. The van der Waals surface area contributed by atoms with E-state index in [1.165, 1.54) is 6.92 Å². The number of Topliss-reactive ketones (excluding diaryl/α,β-unsaturated/α-hetero) is 1. The molecule has 1 rings (SSSR count). The lowest BCUT2D eigenvalue weighted by molar-refractivity contribution is -0.118. The van der Waals surface area contributed by atoms with Gasteiger partial charge in [0.25, 0.3) is 0 Å². The first-order valence-corrected chi connectivity index (χ1v) is 8.92. The molecule has 0 atom stereocenters. The van der Waals surface area contributed by atoms with Gasteiger partial charge in [-0.1, -0.05) is 0 Å². The predicted octanol–water partition coefficient (Wildman–Crippen LogP) is 0.576. The van der Waals surface area contributed by atoms with Gasteiger partial charge in [-0.2, -0.15) is 0 Å². The van der Waals surface area contributed by atoms with E-state index in [4.69, 9.17) is 4.74 Å². The summed E-state index contributed by atoms with van der Waals surface area (Å²) >= 11 is 0. The van der Waals surface area contributed by atoms with Crippen LogP contribution >= 0.6 is 12.4 Å². The molecule has 0 bridgehead atoms. The van der Waals surface area contributed by atoms with Gasteiger partial charge in [-0.05, 0) is 25.1 Å². The van der Waals surface area contributed by atoms with Crippen LogP contribution in [-0.2, 0) is 19.4 Å². The molecule has 0 radical (unpaired) electrons. The van der Waals surface area contributed by atoms with Crippen molar-refractivity contribution in [2.45, 2.75) is 11.8 Å². The molecular formula is C15H22ClFN2O5S. The van der Waals surface area contributed by atoms with E-state index in [9.17, 15) is 22.4 Å². The molecule has 25 heavy (non-hydrogen) atoms. The third kappa shape index (κ3) is 7.91. The monoisotopic (exact) mass is 396 g/mol. The van der Waals surface area contributed by atoms with Gasteiger partial charge in [0, 0.05) is 26.7 Å². The van der Waals surface area contributed by atoms with Crippen LogP contribution in [0, 0.1) is 5.82 Å². The highest BCUT2D eigenvalue weighted by Gasteiger charge is 2.21. The fourth-order valence-corrected chi connectivity index (χ4v) is 3.04. The first kappa shape index (κ1) is 23.4. The van der Waals surface area contributed by atoms with Gasteiger partial charge in [-0.15, -0.1) is 12.4 Å².